The summed E-state index contributed by atoms with van der Waals surface area (Å²) < 4.78 is 0. The molecule has 0 bridgehead atoms. The summed E-state index contributed by atoms with van der Waals surface area (Å²) in [4.78, 5) is 4.66. The second kappa shape index (κ2) is 5.33. The van der Waals surface area contributed by atoms with Gasteiger partial charge >= 0.3 is 0 Å². The van der Waals surface area contributed by atoms with E-state index in [2.05, 4.69) is 75.1 Å². The van der Waals surface area contributed by atoms with Crippen LogP contribution in [0.5, 0.6) is 0 Å². The summed E-state index contributed by atoms with van der Waals surface area (Å²) in [6.07, 6.45) is 1.93. The number of aryl methyl sites for hydroxylation is 2. The fraction of sp³-hybridized carbons (Fsp3) is 0.250. The molecule has 21 heavy (non-hydrogen) atoms. The van der Waals surface area contributed by atoms with E-state index in [0.717, 1.165) is 5.69 Å². The number of hydrogen-bond donors (Lipinski definition) is 0. The number of fused-ring (bicyclic) bond motifs is 1. The lowest BCUT2D eigenvalue weighted by Crippen LogP contribution is -1.93. The molecule has 3 rings (SSSR count). The molecule has 1 heteroatoms. The highest BCUT2D eigenvalue weighted by Crippen LogP contribution is 2.32. The highest BCUT2D eigenvalue weighted by atomic mass is 14.7. The Morgan fingerprint density at radius 3 is 2.24 bits per heavy atom. The minimum absolute atomic E-state index is 0.517. The third-order valence-corrected chi connectivity index (χ3v) is 3.96. The molecular formula is C20H21N. The number of rotatable bonds is 2. The van der Waals surface area contributed by atoms with Crippen molar-refractivity contribution in [1.29, 1.82) is 0 Å². The summed E-state index contributed by atoms with van der Waals surface area (Å²) in [7, 11) is 0. The third kappa shape index (κ3) is 2.56. The van der Waals surface area contributed by atoms with E-state index >= 15 is 0 Å². The van der Waals surface area contributed by atoms with E-state index in [1.165, 1.54) is 33.0 Å². The van der Waals surface area contributed by atoms with Crippen molar-refractivity contribution in [2.75, 3.05) is 0 Å². The van der Waals surface area contributed by atoms with Gasteiger partial charge in [0.05, 0.1) is 5.69 Å². The Labute approximate surface area is 126 Å². The van der Waals surface area contributed by atoms with Crippen LogP contribution in [0, 0.1) is 13.8 Å². The number of pyridine rings is 1. The molecule has 3 aromatic rings. The predicted molar refractivity (Wildman–Crippen MR) is 90.7 cm³/mol. The molecule has 1 aromatic heterocycles. The van der Waals surface area contributed by atoms with Crippen LogP contribution in [0.4, 0.5) is 0 Å². The summed E-state index contributed by atoms with van der Waals surface area (Å²) >= 11 is 0. The van der Waals surface area contributed by atoms with Gasteiger partial charge in [-0.25, -0.2) is 0 Å². The van der Waals surface area contributed by atoms with Crippen molar-refractivity contribution >= 4 is 10.8 Å². The van der Waals surface area contributed by atoms with Crippen LogP contribution in [0.3, 0.4) is 0 Å². The van der Waals surface area contributed by atoms with Gasteiger partial charge in [-0.15, -0.1) is 0 Å². The van der Waals surface area contributed by atoms with E-state index < -0.39 is 0 Å². The van der Waals surface area contributed by atoms with E-state index in [0.29, 0.717) is 5.92 Å². The second-order valence-corrected chi connectivity index (χ2v) is 6.13. The normalized spacial score (nSPS) is 11.3. The van der Waals surface area contributed by atoms with Gasteiger partial charge in [0, 0.05) is 17.1 Å². The fourth-order valence-corrected chi connectivity index (χ4v) is 3.08. The first-order valence-corrected chi connectivity index (χ1v) is 7.52. The molecule has 0 aliphatic carbocycles. The molecule has 1 nitrogen and oxygen atoms in total. The molecule has 0 amide bonds. The smallest absolute Gasteiger partial charge is 0.0780 e. The van der Waals surface area contributed by atoms with Gasteiger partial charge in [-0.2, -0.15) is 0 Å². The molecule has 0 fully saturated rings. The molecule has 0 aliphatic rings. The quantitative estimate of drug-likeness (QED) is 0.589. The SMILES string of the molecule is Cc1cc(C)cc(-c2nccc3c(C(C)C)cccc23)c1. The number of benzene rings is 2. The van der Waals surface area contributed by atoms with E-state index in [1.807, 2.05) is 6.20 Å². The fourth-order valence-electron chi connectivity index (χ4n) is 3.08. The van der Waals surface area contributed by atoms with Crippen molar-refractivity contribution in [3.8, 4) is 11.3 Å². The summed E-state index contributed by atoms with van der Waals surface area (Å²) in [6, 6.07) is 15.3. The zero-order valence-electron chi connectivity index (χ0n) is 13.1. The maximum atomic E-state index is 4.66. The predicted octanol–water partition coefficient (Wildman–Crippen LogP) is 5.64. The minimum Gasteiger partial charge on any atom is -0.256 e. The third-order valence-electron chi connectivity index (χ3n) is 3.96. The monoisotopic (exact) mass is 275 g/mol. The second-order valence-electron chi connectivity index (χ2n) is 6.13. The van der Waals surface area contributed by atoms with Crippen LogP contribution < -0.4 is 0 Å². The molecule has 0 N–H and O–H groups in total. The van der Waals surface area contributed by atoms with Gasteiger partial charge in [0.25, 0.3) is 0 Å². The van der Waals surface area contributed by atoms with Gasteiger partial charge in [0.15, 0.2) is 0 Å². The lowest BCUT2D eigenvalue weighted by atomic mass is 9.94. The van der Waals surface area contributed by atoms with Crippen LogP contribution in [-0.2, 0) is 0 Å². The summed E-state index contributed by atoms with van der Waals surface area (Å²) in [5.74, 6) is 0.517. The molecule has 1 heterocycles. The van der Waals surface area contributed by atoms with Crippen LogP contribution >= 0.6 is 0 Å². The zero-order chi connectivity index (χ0) is 15.0. The Kier molecular flexibility index (Phi) is 3.50. The first-order valence-electron chi connectivity index (χ1n) is 7.52. The highest BCUT2D eigenvalue weighted by molar-refractivity contribution is 5.96. The largest absolute Gasteiger partial charge is 0.256 e. The highest BCUT2D eigenvalue weighted by Gasteiger charge is 2.10. The first-order chi connectivity index (χ1) is 10.1. The van der Waals surface area contributed by atoms with Gasteiger partial charge in [0.2, 0.25) is 0 Å². The Morgan fingerprint density at radius 1 is 0.857 bits per heavy atom. The topological polar surface area (TPSA) is 12.9 Å². The average Bonchev–Trinajstić information content (AvgIpc) is 2.44. The Balaban J connectivity index is 2.31. The van der Waals surface area contributed by atoms with Crippen LogP contribution in [0.15, 0.2) is 48.7 Å². The Bertz CT molecular complexity index is 780. The van der Waals surface area contributed by atoms with Gasteiger partial charge in [-0.05, 0) is 48.9 Å². The van der Waals surface area contributed by atoms with Gasteiger partial charge < -0.3 is 0 Å². The summed E-state index contributed by atoms with van der Waals surface area (Å²) in [5.41, 5.74) is 6.24. The standard InChI is InChI=1S/C20H21N/c1-13(2)17-6-5-7-19-18(17)8-9-21-20(19)16-11-14(3)10-15(4)12-16/h5-13H,1-4H3. The van der Waals surface area contributed by atoms with Crippen molar-refractivity contribution in [3.05, 3.63) is 65.4 Å². The van der Waals surface area contributed by atoms with Crippen molar-refractivity contribution in [1.82, 2.24) is 4.98 Å². The number of aromatic nitrogens is 1. The van der Waals surface area contributed by atoms with Gasteiger partial charge in [-0.3, -0.25) is 4.98 Å². The maximum absolute atomic E-state index is 4.66. The van der Waals surface area contributed by atoms with E-state index in [4.69, 9.17) is 0 Å². The molecule has 0 unspecified atom stereocenters. The molecule has 0 aliphatic heterocycles. The lowest BCUT2D eigenvalue weighted by Gasteiger charge is -2.13. The van der Waals surface area contributed by atoms with E-state index in [1.54, 1.807) is 0 Å². The summed E-state index contributed by atoms with van der Waals surface area (Å²) in [6.45, 7) is 8.76. The molecule has 0 radical (unpaired) electrons. The number of hydrogen-bond acceptors (Lipinski definition) is 1. The van der Waals surface area contributed by atoms with Crippen molar-refractivity contribution in [2.45, 2.75) is 33.6 Å². The van der Waals surface area contributed by atoms with E-state index in [-0.39, 0.29) is 0 Å². The Hall–Kier alpha value is -2.15. The van der Waals surface area contributed by atoms with Crippen molar-refractivity contribution in [2.24, 2.45) is 0 Å². The van der Waals surface area contributed by atoms with Crippen LogP contribution in [0.25, 0.3) is 22.0 Å². The van der Waals surface area contributed by atoms with Gasteiger partial charge in [-0.1, -0.05) is 49.2 Å². The molecule has 0 saturated carbocycles. The zero-order valence-corrected chi connectivity index (χ0v) is 13.1. The average molecular weight is 275 g/mol. The molecule has 0 spiro atoms. The Morgan fingerprint density at radius 2 is 1.57 bits per heavy atom. The van der Waals surface area contributed by atoms with E-state index in [9.17, 15) is 0 Å². The van der Waals surface area contributed by atoms with Crippen LogP contribution in [0.1, 0.15) is 36.5 Å². The lowest BCUT2D eigenvalue weighted by molar-refractivity contribution is 0.876. The first kappa shape index (κ1) is 13.8. The molecule has 0 atom stereocenters. The van der Waals surface area contributed by atoms with Crippen LogP contribution in [0.2, 0.25) is 0 Å². The molecule has 2 aromatic carbocycles. The van der Waals surface area contributed by atoms with Crippen molar-refractivity contribution < 1.29 is 0 Å². The van der Waals surface area contributed by atoms with Gasteiger partial charge in [0.1, 0.15) is 0 Å². The maximum Gasteiger partial charge on any atom is 0.0780 e. The van der Waals surface area contributed by atoms with Crippen molar-refractivity contribution in [3.63, 3.8) is 0 Å². The number of nitrogens with zero attached hydrogens (tertiary/aromatic N) is 1. The minimum atomic E-state index is 0.517. The molecule has 0 saturated heterocycles. The summed E-state index contributed by atoms with van der Waals surface area (Å²) in [5, 5.41) is 2.56. The molecular weight excluding hydrogens is 254 g/mol. The van der Waals surface area contributed by atoms with Crippen LogP contribution in [-0.4, -0.2) is 4.98 Å². The molecule has 106 valence electrons.